The molecule has 17 nitrogen and oxygen atoms in total. The van der Waals surface area contributed by atoms with E-state index in [4.69, 9.17) is 23.9 Å². The number of cyclic esters (lactones) is 1. The fraction of sp³-hybridized carbons (Fsp3) is 0.304. The number of benzene rings is 4. The molecule has 2 aromatic heterocycles. The molecule has 3 atom stereocenters. The summed E-state index contributed by atoms with van der Waals surface area (Å²) in [6.45, 7) is 7.91. The highest BCUT2D eigenvalue weighted by molar-refractivity contribution is 5.97. The number of aliphatic hydroxyl groups is 1. The minimum Gasteiger partial charge on any atom is -0.458 e. The van der Waals surface area contributed by atoms with Crippen LogP contribution in [0.15, 0.2) is 96.3 Å². The molecule has 74 heavy (non-hydrogen) atoms. The Morgan fingerprint density at radius 1 is 0.973 bits per heavy atom. The van der Waals surface area contributed by atoms with Gasteiger partial charge in [0.25, 0.3) is 5.56 Å². The first kappa shape index (κ1) is 49.2. The van der Waals surface area contributed by atoms with Crippen molar-refractivity contribution in [2.24, 2.45) is 0 Å². The third kappa shape index (κ3) is 8.67. The Bertz CT molecular complexity index is 3380. The summed E-state index contributed by atoms with van der Waals surface area (Å²) < 4.78 is 39.0. The van der Waals surface area contributed by atoms with Crippen LogP contribution in [0.5, 0.6) is 0 Å². The van der Waals surface area contributed by atoms with E-state index in [1.807, 2.05) is 48.5 Å². The molecular weight excluding hydrogens is 952 g/mol. The molecule has 2 aliphatic heterocycles. The second-order valence-corrected chi connectivity index (χ2v) is 19.0. The van der Waals surface area contributed by atoms with E-state index < -0.39 is 59.2 Å². The molecule has 4 heterocycles. The zero-order valence-electron chi connectivity index (χ0n) is 41.1. The summed E-state index contributed by atoms with van der Waals surface area (Å²) in [5, 5.41) is 20.5. The van der Waals surface area contributed by atoms with Crippen molar-refractivity contribution in [1.82, 2.24) is 25.1 Å². The topological polar surface area (TPSA) is 217 Å². The van der Waals surface area contributed by atoms with Crippen molar-refractivity contribution in [2.45, 2.75) is 89.9 Å². The van der Waals surface area contributed by atoms with Gasteiger partial charge in [-0.15, -0.1) is 0 Å². The third-order valence-electron chi connectivity index (χ3n) is 14.6. The fourth-order valence-electron chi connectivity index (χ4n) is 10.7. The lowest BCUT2D eigenvalue weighted by Crippen LogP contribution is -2.44. The van der Waals surface area contributed by atoms with Crippen LogP contribution >= 0.6 is 0 Å². The Balaban J connectivity index is 0.858. The Morgan fingerprint density at radius 3 is 2.42 bits per heavy atom. The number of carbonyl (C=O) groups excluding carboxylic acids is 5. The number of anilines is 1. The molecule has 4 aliphatic rings. The standard InChI is InChI=1S/C56H53FN6O11/c1-6-20-71-55(69)62(5)24-32-21-33(59-50(64)30(4)58-53(67)74-27-40-37-14-10-8-12-35(37)36-13-9-11-15-38(36)40)17-16-31(32)26-73-54(68)61-44-19-18-34-29(3)43(57)23-45-47(34)48(44)39-25-63-46(49(39)60-45)22-42-41(51(63)65)28-72-52(66)56(42,70)7-2/h6,8-17,21-23,30,40,44,70H,1,7,18-20,24-28H2,2-5H3,(H,58,67)(H,59,64)(H,61,68)/t30-,44-,56-/m0/s1. The third-order valence-corrected chi connectivity index (χ3v) is 14.6. The van der Waals surface area contributed by atoms with E-state index in [0.717, 1.165) is 27.8 Å². The summed E-state index contributed by atoms with van der Waals surface area (Å²) >= 11 is 0. The van der Waals surface area contributed by atoms with E-state index in [1.54, 1.807) is 38.1 Å². The number of halogens is 1. The number of hydrogen-bond acceptors (Lipinski definition) is 12. The van der Waals surface area contributed by atoms with Crippen LogP contribution in [0, 0.1) is 12.7 Å². The number of aromatic nitrogens is 2. The summed E-state index contributed by atoms with van der Waals surface area (Å²) in [7, 11) is 1.52. The van der Waals surface area contributed by atoms with Gasteiger partial charge in [-0.3, -0.25) is 9.59 Å². The van der Waals surface area contributed by atoms with E-state index in [9.17, 15) is 33.9 Å². The van der Waals surface area contributed by atoms with E-state index in [0.29, 0.717) is 68.6 Å². The molecule has 4 amide bonds. The first-order valence-electron chi connectivity index (χ1n) is 24.4. The summed E-state index contributed by atoms with van der Waals surface area (Å²) in [5.41, 5.74) is 6.82. The Labute approximate surface area is 424 Å². The quantitative estimate of drug-likeness (QED) is 0.0490. The van der Waals surface area contributed by atoms with Crippen molar-refractivity contribution in [3.8, 4) is 22.5 Å². The molecule has 380 valence electrons. The number of rotatable bonds is 13. The van der Waals surface area contributed by atoms with Crippen molar-refractivity contribution >= 4 is 46.7 Å². The van der Waals surface area contributed by atoms with Crippen molar-refractivity contribution in [3.63, 3.8) is 0 Å². The lowest BCUT2D eigenvalue weighted by atomic mass is 9.81. The van der Waals surface area contributed by atoms with Gasteiger partial charge in [0.1, 0.15) is 38.3 Å². The highest BCUT2D eigenvalue weighted by Crippen LogP contribution is 2.47. The first-order valence-corrected chi connectivity index (χ1v) is 24.4. The van der Waals surface area contributed by atoms with Gasteiger partial charge >= 0.3 is 24.2 Å². The predicted octanol–water partition coefficient (Wildman–Crippen LogP) is 8.06. The number of aryl methyl sites for hydroxylation is 1. The first-order chi connectivity index (χ1) is 35.6. The van der Waals surface area contributed by atoms with Crippen LogP contribution in [-0.2, 0) is 66.9 Å². The molecular formula is C56H53FN6O11. The van der Waals surface area contributed by atoms with Crippen molar-refractivity contribution < 1.29 is 52.4 Å². The number of fused-ring (bicyclic) bond motifs is 8. The summed E-state index contributed by atoms with van der Waals surface area (Å²) in [6, 6.07) is 22.0. The molecule has 0 spiro atoms. The summed E-state index contributed by atoms with van der Waals surface area (Å²) in [6.07, 6.45) is -0.0714. The predicted molar refractivity (Wildman–Crippen MR) is 269 cm³/mol. The van der Waals surface area contributed by atoms with Crippen molar-refractivity contribution in [1.29, 1.82) is 0 Å². The van der Waals surface area contributed by atoms with Gasteiger partial charge in [-0.05, 0) is 101 Å². The van der Waals surface area contributed by atoms with Gasteiger partial charge < -0.3 is 49.5 Å². The largest absolute Gasteiger partial charge is 0.458 e. The SMILES string of the molecule is C=CCOC(=O)N(C)Cc1cc(NC(=O)[C@H](C)NC(=O)OCC2c3ccccc3-c3ccccc32)ccc1COC(=O)N[C@H]1CCc2c(C)c(F)cc3nc4c(c1c23)Cn1c-4cc2c(c1=O)COC(=O)[C@]2(O)CC. The number of nitrogens with zero attached hydrogens (tertiary/aromatic N) is 3. The minimum absolute atomic E-state index is 0.0245. The van der Waals surface area contributed by atoms with E-state index in [-0.39, 0.29) is 63.0 Å². The zero-order valence-corrected chi connectivity index (χ0v) is 41.1. The van der Waals surface area contributed by atoms with Crippen LogP contribution < -0.4 is 21.5 Å². The number of nitrogens with one attached hydrogen (secondary N) is 3. The molecule has 4 aromatic carbocycles. The minimum atomic E-state index is -2.05. The van der Waals surface area contributed by atoms with Crippen molar-refractivity contribution in [3.05, 3.63) is 163 Å². The van der Waals surface area contributed by atoms with Gasteiger partial charge in [0.05, 0.1) is 35.1 Å². The van der Waals surface area contributed by atoms with Crippen LogP contribution in [0.2, 0.25) is 0 Å². The Kier molecular flexibility index (Phi) is 13.0. The van der Waals surface area contributed by atoms with Gasteiger partial charge in [-0.1, -0.05) is 74.2 Å². The molecule has 18 heteroatoms. The van der Waals surface area contributed by atoms with Crippen LogP contribution in [0.4, 0.5) is 24.5 Å². The average molecular weight is 1010 g/mol. The van der Waals surface area contributed by atoms with Gasteiger partial charge in [0, 0.05) is 47.8 Å². The number of amides is 4. The summed E-state index contributed by atoms with van der Waals surface area (Å²) in [5.74, 6) is -2.03. The Hall–Kier alpha value is -8.38. The second-order valence-electron chi connectivity index (χ2n) is 19.0. The second kappa shape index (κ2) is 19.6. The number of carbonyl (C=O) groups is 5. The highest BCUT2D eigenvalue weighted by atomic mass is 19.1. The number of pyridine rings is 2. The maximum absolute atomic E-state index is 15.5. The lowest BCUT2D eigenvalue weighted by molar-refractivity contribution is -0.172. The molecule has 0 saturated carbocycles. The smallest absolute Gasteiger partial charge is 0.410 e. The maximum Gasteiger partial charge on any atom is 0.410 e. The number of alkyl carbamates (subject to hydrolysis) is 2. The van der Waals surface area contributed by atoms with Crippen LogP contribution in [0.25, 0.3) is 33.4 Å². The molecule has 0 unspecified atom stereocenters. The van der Waals surface area contributed by atoms with Gasteiger partial charge in [0.2, 0.25) is 5.91 Å². The van der Waals surface area contributed by atoms with Gasteiger partial charge in [-0.2, -0.15) is 0 Å². The number of hydrogen-bond donors (Lipinski definition) is 4. The molecule has 10 rings (SSSR count). The highest BCUT2D eigenvalue weighted by Gasteiger charge is 2.46. The average Bonchev–Trinajstić information content (AvgIpc) is 3.93. The molecule has 0 radical (unpaired) electrons. The van der Waals surface area contributed by atoms with Crippen LogP contribution in [0.3, 0.4) is 0 Å². The van der Waals surface area contributed by atoms with Crippen LogP contribution in [-0.4, -0.2) is 76.0 Å². The van der Waals surface area contributed by atoms with Gasteiger partial charge in [0.15, 0.2) is 5.60 Å². The van der Waals surface area contributed by atoms with Gasteiger partial charge in [-0.25, -0.2) is 28.6 Å². The van der Waals surface area contributed by atoms with E-state index >= 15 is 4.39 Å². The molecule has 0 fully saturated rings. The normalized spacial score (nSPS) is 17.1. The van der Waals surface area contributed by atoms with Crippen molar-refractivity contribution in [2.75, 3.05) is 25.6 Å². The molecule has 4 N–H and O–H groups in total. The summed E-state index contributed by atoms with van der Waals surface area (Å²) in [4.78, 5) is 86.5. The molecule has 6 aromatic rings. The van der Waals surface area contributed by atoms with E-state index in [2.05, 4.69) is 22.5 Å². The monoisotopic (exact) mass is 1000 g/mol. The number of ether oxygens (including phenoxy) is 4. The van der Waals surface area contributed by atoms with E-state index in [1.165, 1.54) is 35.6 Å². The maximum atomic E-state index is 15.5. The molecule has 0 saturated heterocycles. The Morgan fingerprint density at radius 2 is 1.70 bits per heavy atom. The van der Waals surface area contributed by atoms with Crippen LogP contribution in [0.1, 0.15) is 94.3 Å². The molecule has 2 aliphatic carbocycles. The fourth-order valence-corrected chi connectivity index (χ4v) is 10.7. The zero-order chi connectivity index (χ0) is 52.2. The lowest BCUT2D eigenvalue weighted by Gasteiger charge is -2.31. The number of esters is 1. The molecule has 0 bridgehead atoms.